The Morgan fingerprint density at radius 1 is 1.00 bits per heavy atom. The Balaban J connectivity index is 1.81. The van der Waals surface area contributed by atoms with Gasteiger partial charge in [-0.3, -0.25) is 9.47 Å². The molecule has 8 heteroatoms. The highest BCUT2D eigenvalue weighted by molar-refractivity contribution is 7.71. The number of morpholine rings is 1. The van der Waals surface area contributed by atoms with Gasteiger partial charge in [-0.05, 0) is 42.5 Å². The molecule has 152 valence electrons. The highest BCUT2D eigenvalue weighted by Gasteiger charge is 2.19. The molecule has 1 aliphatic heterocycles. The Labute approximate surface area is 175 Å². The first-order valence-corrected chi connectivity index (χ1v) is 9.90. The molecular weight excluding hydrogens is 388 g/mol. The molecule has 7 nitrogen and oxygen atoms in total. The molecule has 3 aromatic rings. The van der Waals surface area contributed by atoms with Gasteiger partial charge in [0.1, 0.15) is 0 Å². The normalized spacial score (nSPS) is 14.7. The molecule has 29 heavy (non-hydrogen) atoms. The molecule has 0 spiro atoms. The molecule has 1 aromatic heterocycles. The predicted octanol–water partition coefficient (Wildman–Crippen LogP) is 3.38. The average molecular weight is 413 g/mol. The summed E-state index contributed by atoms with van der Waals surface area (Å²) < 4.78 is 20.8. The van der Waals surface area contributed by atoms with Gasteiger partial charge in [-0.15, -0.1) is 5.10 Å². The van der Waals surface area contributed by atoms with Crippen LogP contribution in [0.1, 0.15) is 0 Å². The molecule has 0 saturated carbocycles. The third-order valence-electron chi connectivity index (χ3n) is 4.93. The van der Waals surface area contributed by atoms with E-state index in [1.165, 1.54) is 0 Å². The van der Waals surface area contributed by atoms with Crippen LogP contribution in [-0.2, 0) is 11.4 Å². The monoisotopic (exact) mass is 412 g/mol. The minimum Gasteiger partial charge on any atom is -0.493 e. The molecule has 0 N–H and O–H groups in total. The summed E-state index contributed by atoms with van der Waals surface area (Å²) in [6.45, 7) is 3.82. The van der Waals surface area contributed by atoms with E-state index in [4.69, 9.17) is 31.5 Å². The zero-order valence-electron chi connectivity index (χ0n) is 16.6. The smallest absolute Gasteiger partial charge is 0.204 e. The Morgan fingerprint density at radius 2 is 1.72 bits per heavy atom. The van der Waals surface area contributed by atoms with Gasteiger partial charge >= 0.3 is 0 Å². The summed E-state index contributed by atoms with van der Waals surface area (Å²) in [6.07, 6.45) is 0. The molecule has 2 heterocycles. The lowest BCUT2D eigenvalue weighted by Gasteiger charge is -2.26. The number of benzene rings is 2. The van der Waals surface area contributed by atoms with Crippen molar-refractivity contribution in [1.82, 2.24) is 19.2 Å². The Hall–Kier alpha value is -2.68. The summed E-state index contributed by atoms with van der Waals surface area (Å²) in [5.41, 5.74) is 1.87. The minimum atomic E-state index is 0.627. The van der Waals surface area contributed by atoms with Crippen LogP contribution in [0.15, 0.2) is 48.5 Å². The van der Waals surface area contributed by atoms with Crippen molar-refractivity contribution in [3.8, 4) is 28.6 Å². The number of methoxy groups -OCH3 is 2. The van der Waals surface area contributed by atoms with E-state index < -0.39 is 0 Å². The highest BCUT2D eigenvalue weighted by atomic mass is 32.1. The molecule has 1 saturated heterocycles. The van der Waals surface area contributed by atoms with Crippen LogP contribution in [0.3, 0.4) is 0 Å². The van der Waals surface area contributed by atoms with Gasteiger partial charge in [0.15, 0.2) is 17.3 Å². The second-order valence-corrected chi connectivity index (χ2v) is 7.08. The third kappa shape index (κ3) is 4.05. The quantitative estimate of drug-likeness (QED) is 0.579. The summed E-state index contributed by atoms with van der Waals surface area (Å²) in [5, 5.41) is 4.88. The van der Waals surface area contributed by atoms with E-state index in [9.17, 15) is 0 Å². The average Bonchev–Trinajstić information content (AvgIpc) is 3.10. The molecule has 0 aliphatic carbocycles. The van der Waals surface area contributed by atoms with Gasteiger partial charge < -0.3 is 14.2 Å². The van der Waals surface area contributed by atoms with Crippen molar-refractivity contribution >= 4 is 12.2 Å². The maximum atomic E-state index is 5.82. The number of ether oxygens (including phenoxy) is 3. The largest absolute Gasteiger partial charge is 0.493 e. The molecule has 0 amide bonds. The Kier molecular flexibility index (Phi) is 5.94. The van der Waals surface area contributed by atoms with Crippen LogP contribution in [0.4, 0.5) is 0 Å². The van der Waals surface area contributed by atoms with E-state index in [0.29, 0.717) is 22.9 Å². The molecule has 0 atom stereocenters. The number of para-hydroxylation sites is 1. The van der Waals surface area contributed by atoms with Gasteiger partial charge in [-0.2, -0.15) is 0 Å². The standard InChI is InChI=1S/C21H24N4O3S/c1-26-18-9-8-16(14-19(18)27-2)20-22-24(15-23-10-12-28-13-11-23)21(29)25(20)17-6-4-3-5-7-17/h3-9,14H,10-13,15H2,1-2H3. The SMILES string of the molecule is COc1ccc(-c2nn(CN3CCOCC3)c(=S)n2-c2ccccc2)cc1OC. The highest BCUT2D eigenvalue weighted by Crippen LogP contribution is 2.32. The van der Waals surface area contributed by atoms with Crippen molar-refractivity contribution in [2.45, 2.75) is 6.67 Å². The number of nitrogens with zero attached hydrogens (tertiary/aromatic N) is 4. The van der Waals surface area contributed by atoms with Gasteiger partial charge in [0.2, 0.25) is 4.77 Å². The second kappa shape index (κ2) is 8.77. The van der Waals surface area contributed by atoms with Gasteiger partial charge in [-0.25, -0.2) is 4.68 Å². The van der Waals surface area contributed by atoms with E-state index in [1.54, 1.807) is 14.2 Å². The first-order valence-electron chi connectivity index (χ1n) is 9.49. The van der Waals surface area contributed by atoms with Crippen LogP contribution >= 0.6 is 12.2 Å². The van der Waals surface area contributed by atoms with Crippen LogP contribution < -0.4 is 9.47 Å². The fourth-order valence-electron chi connectivity index (χ4n) is 3.40. The maximum absolute atomic E-state index is 5.82. The van der Waals surface area contributed by atoms with Crippen molar-refractivity contribution < 1.29 is 14.2 Å². The van der Waals surface area contributed by atoms with E-state index in [-0.39, 0.29) is 0 Å². The van der Waals surface area contributed by atoms with Crippen LogP contribution in [0, 0.1) is 4.77 Å². The molecule has 2 aromatic carbocycles. The van der Waals surface area contributed by atoms with Crippen LogP contribution in [0.5, 0.6) is 11.5 Å². The van der Waals surface area contributed by atoms with Gasteiger partial charge in [-0.1, -0.05) is 18.2 Å². The molecule has 1 aliphatic rings. The second-order valence-electron chi connectivity index (χ2n) is 6.72. The van der Waals surface area contributed by atoms with E-state index in [2.05, 4.69) is 4.90 Å². The first-order chi connectivity index (χ1) is 14.2. The number of hydrogen-bond donors (Lipinski definition) is 0. The fourth-order valence-corrected chi connectivity index (χ4v) is 3.69. The molecule has 1 fully saturated rings. The van der Waals surface area contributed by atoms with Crippen molar-refractivity contribution in [3.05, 3.63) is 53.3 Å². The number of rotatable bonds is 6. The predicted molar refractivity (Wildman–Crippen MR) is 113 cm³/mol. The van der Waals surface area contributed by atoms with Crippen molar-refractivity contribution in [2.24, 2.45) is 0 Å². The van der Waals surface area contributed by atoms with E-state index in [0.717, 1.165) is 43.4 Å². The number of aromatic nitrogens is 3. The molecule has 0 radical (unpaired) electrons. The van der Waals surface area contributed by atoms with Crippen molar-refractivity contribution in [3.63, 3.8) is 0 Å². The molecular formula is C21H24N4O3S. The van der Waals surface area contributed by atoms with Crippen LogP contribution in [-0.4, -0.2) is 59.8 Å². The zero-order chi connectivity index (χ0) is 20.2. The Bertz CT molecular complexity index is 1030. The van der Waals surface area contributed by atoms with Crippen LogP contribution in [0.25, 0.3) is 17.1 Å². The maximum Gasteiger partial charge on any atom is 0.204 e. The van der Waals surface area contributed by atoms with Crippen molar-refractivity contribution in [2.75, 3.05) is 40.5 Å². The molecule has 4 rings (SSSR count). The summed E-state index contributed by atoms with van der Waals surface area (Å²) in [4.78, 5) is 2.29. The van der Waals surface area contributed by atoms with Crippen molar-refractivity contribution in [1.29, 1.82) is 0 Å². The Morgan fingerprint density at radius 3 is 2.41 bits per heavy atom. The molecule has 0 unspecified atom stereocenters. The van der Waals surface area contributed by atoms with Gasteiger partial charge in [0, 0.05) is 24.3 Å². The number of hydrogen-bond acceptors (Lipinski definition) is 6. The lowest BCUT2D eigenvalue weighted by molar-refractivity contribution is 0.0210. The summed E-state index contributed by atoms with van der Waals surface area (Å²) in [7, 11) is 3.25. The third-order valence-corrected chi connectivity index (χ3v) is 5.33. The summed E-state index contributed by atoms with van der Waals surface area (Å²) in [5.74, 6) is 2.09. The van der Waals surface area contributed by atoms with E-state index in [1.807, 2.05) is 57.8 Å². The van der Waals surface area contributed by atoms with Crippen LogP contribution in [0.2, 0.25) is 0 Å². The van der Waals surface area contributed by atoms with Gasteiger partial charge in [0.05, 0.1) is 34.1 Å². The topological polar surface area (TPSA) is 53.7 Å². The molecule has 0 bridgehead atoms. The lowest BCUT2D eigenvalue weighted by atomic mass is 10.2. The first kappa shape index (κ1) is 19.6. The lowest BCUT2D eigenvalue weighted by Crippen LogP contribution is -2.37. The fraction of sp³-hybridized carbons (Fsp3) is 0.333. The minimum absolute atomic E-state index is 0.627. The van der Waals surface area contributed by atoms with E-state index >= 15 is 0 Å². The van der Waals surface area contributed by atoms with Gasteiger partial charge in [0.25, 0.3) is 0 Å². The summed E-state index contributed by atoms with van der Waals surface area (Å²) in [6, 6.07) is 15.8. The zero-order valence-corrected chi connectivity index (χ0v) is 17.4. The summed E-state index contributed by atoms with van der Waals surface area (Å²) >= 11 is 5.82.